The van der Waals surface area contributed by atoms with Crippen LogP contribution in [0.5, 0.6) is 0 Å². The minimum Gasteiger partial charge on any atom is -0.481 e. The van der Waals surface area contributed by atoms with Crippen LogP contribution in [0, 0.1) is 11.8 Å². The maximum atomic E-state index is 10.5. The number of thioether (sulfide) groups is 1. The lowest BCUT2D eigenvalue weighted by atomic mass is 9.78. The van der Waals surface area contributed by atoms with Gasteiger partial charge in [0.25, 0.3) is 0 Å². The lowest BCUT2D eigenvalue weighted by Crippen LogP contribution is -2.28. The largest absolute Gasteiger partial charge is 0.481 e. The average Bonchev–Trinajstić information content (AvgIpc) is 3.15. The van der Waals surface area contributed by atoms with Gasteiger partial charge in [-0.25, -0.2) is 0 Å². The van der Waals surface area contributed by atoms with Crippen LogP contribution < -0.4 is 0 Å². The van der Waals surface area contributed by atoms with E-state index in [0.29, 0.717) is 24.0 Å². The number of hydrogen-bond donors (Lipinski definition) is 1. The zero-order valence-corrected chi connectivity index (χ0v) is 15.7. The Morgan fingerprint density at radius 2 is 1.88 bits per heavy atom. The van der Waals surface area contributed by atoms with Crippen LogP contribution >= 0.6 is 11.8 Å². The van der Waals surface area contributed by atoms with Gasteiger partial charge in [-0.05, 0) is 68.3 Å². The Labute approximate surface area is 150 Å². The summed E-state index contributed by atoms with van der Waals surface area (Å²) in [5.41, 5.74) is 0. The van der Waals surface area contributed by atoms with Crippen LogP contribution in [0.2, 0.25) is 0 Å². The predicted octanol–water partition coefficient (Wildman–Crippen LogP) is 5.07. The molecule has 2 aliphatic heterocycles. The second kappa shape index (κ2) is 11.0. The molecule has 0 radical (unpaired) electrons. The van der Waals surface area contributed by atoms with Crippen molar-refractivity contribution in [2.75, 3.05) is 11.5 Å². The molecule has 136 valence electrons. The van der Waals surface area contributed by atoms with E-state index in [0.717, 1.165) is 25.7 Å². The third-order valence-corrected chi connectivity index (χ3v) is 6.21. The molecule has 2 saturated heterocycles. The number of ether oxygens (including phenoxy) is 1. The van der Waals surface area contributed by atoms with Gasteiger partial charge in [-0.3, -0.25) is 4.79 Å². The molecule has 0 aromatic carbocycles. The number of carbonyl (C=O) groups is 1. The highest BCUT2D eigenvalue weighted by atomic mass is 32.2. The quantitative estimate of drug-likeness (QED) is 0.393. The summed E-state index contributed by atoms with van der Waals surface area (Å²) in [6.45, 7) is 2.18. The van der Waals surface area contributed by atoms with Crippen molar-refractivity contribution in [3.8, 4) is 0 Å². The highest BCUT2D eigenvalue weighted by Crippen LogP contribution is 2.46. The number of aliphatic carboxylic acids is 1. The monoisotopic (exact) mass is 352 g/mol. The zero-order chi connectivity index (χ0) is 17.2. The molecule has 0 aromatic heterocycles. The molecule has 0 aromatic rings. The number of fused-ring (bicyclic) bond motifs is 2. The SMILES string of the molecule is CCC=CCCSC[C@@H]1[C@H](CC=CCCCC(=O)O)[C@@H]2CC[C@H]1O2. The van der Waals surface area contributed by atoms with Gasteiger partial charge in [-0.2, -0.15) is 11.8 Å². The fourth-order valence-corrected chi connectivity index (χ4v) is 5.03. The molecule has 0 aliphatic carbocycles. The Balaban J connectivity index is 1.68. The van der Waals surface area contributed by atoms with Crippen molar-refractivity contribution >= 4 is 17.7 Å². The molecular formula is C20H32O3S. The Morgan fingerprint density at radius 3 is 2.62 bits per heavy atom. The first kappa shape index (κ1) is 19.6. The molecule has 24 heavy (non-hydrogen) atoms. The lowest BCUT2D eigenvalue weighted by molar-refractivity contribution is -0.137. The fraction of sp³-hybridized carbons (Fsp3) is 0.750. The number of carboxylic acids is 1. The number of hydrogen-bond acceptors (Lipinski definition) is 3. The van der Waals surface area contributed by atoms with E-state index in [4.69, 9.17) is 9.84 Å². The van der Waals surface area contributed by atoms with Gasteiger partial charge in [-0.1, -0.05) is 31.2 Å². The molecule has 0 unspecified atom stereocenters. The van der Waals surface area contributed by atoms with Gasteiger partial charge in [0.05, 0.1) is 12.2 Å². The first-order chi connectivity index (χ1) is 11.7. The first-order valence-corrected chi connectivity index (χ1v) is 10.6. The van der Waals surface area contributed by atoms with E-state index in [9.17, 15) is 4.79 Å². The van der Waals surface area contributed by atoms with E-state index in [2.05, 4.69) is 43.0 Å². The average molecular weight is 353 g/mol. The molecule has 0 amide bonds. The van der Waals surface area contributed by atoms with Crippen molar-refractivity contribution in [3.05, 3.63) is 24.3 Å². The van der Waals surface area contributed by atoms with E-state index < -0.39 is 5.97 Å². The minimum absolute atomic E-state index is 0.271. The zero-order valence-electron chi connectivity index (χ0n) is 14.9. The molecule has 0 saturated carbocycles. The molecule has 4 heteroatoms. The van der Waals surface area contributed by atoms with Crippen LogP contribution in [0.15, 0.2) is 24.3 Å². The van der Waals surface area contributed by atoms with Gasteiger partial charge in [0.2, 0.25) is 0 Å². The lowest BCUT2D eigenvalue weighted by Gasteiger charge is -2.26. The third kappa shape index (κ3) is 6.29. The van der Waals surface area contributed by atoms with Crippen LogP contribution in [0.4, 0.5) is 0 Å². The predicted molar refractivity (Wildman–Crippen MR) is 101 cm³/mol. The highest BCUT2D eigenvalue weighted by molar-refractivity contribution is 7.99. The molecule has 1 N–H and O–H groups in total. The smallest absolute Gasteiger partial charge is 0.303 e. The number of unbranched alkanes of at least 4 members (excludes halogenated alkanes) is 1. The van der Waals surface area contributed by atoms with Crippen molar-refractivity contribution in [3.63, 3.8) is 0 Å². The van der Waals surface area contributed by atoms with Gasteiger partial charge in [0.1, 0.15) is 0 Å². The fourth-order valence-electron chi connectivity index (χ4n) is 3.83. The molecule has 2 fully saturated rings. The van der Waals surface area contributed by atoms with Crippen molar-refractivity contribution in [2.24, 2.45) is 11.8 Å². The topological polar surface area (TPSA) is 46.5 Å². The molecule has 2 aliphatic rings. The van der Waals surface area contributed by atoms with E-state index in [1.807, 2.05) is 0 Å². The highest BCUT2D eigenvalue weighted by Gasteiger charge is 2.47. The van der Waals surface area contributed by atoms with Gasteiger partial charge in [0, 0.05) is 6.42 Å². The molecule has 0 spiro atoms. The van der Waals surface area contributed by atoms with E-state index in [1.165, 1.54) is 30.8 Å². The van der Waals surface area contributed by atoms with Crippen LogP contribution in [-0.2, 0) is 9.53 Å². The van der Waals surface area contributed by atoms with Gasteiger partial charge >= 0.3 is 5.97 Å². The van der Waals surface area contributed by atoms with Gasteiger partial charge < -0.3 is 9.84 Å². The van der Waals surface area contributed by atoms with E-state index >= 15 is 0 Å². The Hall–Kier alpha value is -0.740. The maximum absolute atomic E-state index is 10.5. The summed E-state index contributed by atoms with van der Waals surface area (Å²) >= 11 is 2.07. The Bertz CT molecular complexity index is 433. The summed E-state index contributed by atoms with van der Waals surface area (Å²) < 4.78 is 6.16. The Morgan fingerprint density at radius 1 is 1.12 bits per heavy atom. The van der Waals surface area contributed by atoms with Crippen LogP contribution in [0.25, 0.3) is 0 Å². The van der Waals surface area contributed by atoms with Gasteiger partial charge in [0.15, 0.2) is 0 Å². The molecular weight excluding hydrogens is 320 g/mol. The first-order valence-electron chi connectivity index (χ1n) is 9.47. The standard InChI is InChI=1S/C20H32O3S/c1-2-3-4-9-14-24-15-17-16(18-12-13-19(17)23-18)10-7-5-6-8-11-20(21)22/h3-5,7,16-19H,2,6,8-15H2,1H3,(H,21,22)/t16-,17+,18-,19+/m0/s1. The third-order valence-electron chi connectivity index (χ3n) is 5.07. The molecule has 4 atom stereocenters. The number of allylic oxidation sites excluding steroid dienone is 4. The van der Waals surface area contributed by atoms with E-state index in [-0.39, 0.29) is 6.42 Å². The number of carboxylic acid groups (broad SMARTS) is 1. The van der Waals surface area contributed by atoms with Crippen molar-refractivity contribution < 1.29 is 14.6 Å². The molecule has 3 nitrogen and oxygen atoms in total. The summed E-state index contributed by atoms with van der Waals surface area (Å²) in [6.07, 6.45) is 17.7. The maximum Gasteiger partial charge on any atom is 0.303 e. The number of rotatable bonds is 12. The van der Waals surface area contributed by atoms with Crippen LogP contribution in [0.1, 0.15) is 58.3 Å². The molecule has 2 rings (SSSR count). The summed E-state index contributed by atoms with van der Waals surface area (Å²) in [5.74, 6) is 3.10. The van der Waals surface area contributed by atoms with Crippen molar-refractivity contribution in [1.82, 2.24) is 0 Å². The minimum atomic E-state index is -0.698. The van der Waals surface area contributed by atoms with Crippen molar-refractivity contribution in [2.45, 2.75) is 70.5 Å². The molecule has 2 heterocycles. The summed E-state index contributed by atoms with van der Waals surface area (Å²) in [6, 6.07) is 0. The second-order valence-corrected chi connectivity index (χ2v) is 8.00. The second-order valence-electron chi connectivity index (χ2n) is 6.85. The van der Waals surface area contributed by atoms with Crippen LogP contribution in [0.3, 0.4) is 0 Å². The normalized spacial score (nSPS) is 29.2. The van der Waals surface area contributed by atoms with Crippen LogP contribution in [-0.4, -0.2) is 34.8 Å². The van der Waals surface area contributed by atoms with Crippen molar-refractivity contribution in [1.29, 1.82) is 0 Å². The van der Waals surface area contributed by atoms with Gasteiger partial charge in [-0.15, -0.1) is 0 Å². The van der Waals surface area contributed by atoms with E-state index in [1.54, 1.807) is 0 Å². The summed E-state index contributed by atoms with van der Waals surface area (Å²) in [7, 11) is 0. The Kier molecular flexibility index (Phi) is 8.97. The summed E-state index contributed by atoms with van der Waals surface area (Å²) in [5, 5.41) is 8.65. The summed E-state index contributed by atoms with van der Waals surface area (Å²) in [4.78, 5) is 10.5. The molecule has 2 bridgehead atoms.